The van der Waals surface area contributed by atoms with Crippen LogP contribution in [0.25, 0.3) is 5.65 Å². The molecule has 6 nitrogen and oxygen atoms in total. The van der Waals surface area contributed by atoms with Gasteiger partial charge < -0.3 is 10.6 Å². The summed E-state index contributed by atoms with van der Waals surface area (Å²) in [6, 6.07) is 6.12. The van der Waals surface area contributed by atoms with E-state index in [9.17, 15) is 4.79 Å². The molecule has 2 aromatic rings. The molecule has 1 aliphatic carbocycles. The van der Waals surface area contributed by atoms with Crippen molar-refractivity contribution in [2.24, 2.45) is 11.7 Å². The zero-order valence-corrected chi connectivity index (χ0v) is 15.7. The van der Waals surface area contributed by atoms with Crippen molar-refractivity contribution in [3.63, 3.8) is 0 Å². The van der Waals surface area contributed by atoms with Crippen LogP contribution in [0.3, 0.4) is 0 Å². The van der Waals surface area contributed by atoms with Crippen molar-refractivity contribution in [3.05, 3.63) is 30.2 Å². The molecule has 4 rings (SSSR count). The number of hydrogen-bond donors (Lipinski definition) is 1. The number of likely N-dealkylation sites (tertiary alicyclic amines) is 1. The molecule has 2 N–H and O–H groups in total. The van der Waals surface area contributed by atoms with Crippen molar-refractivity contribution < 1.29 is 4.79 Å². The molecule has 3 atom stereocenters. The lowest BCUT2D eigenvalue weighted by Crippen LogP contribution is -2.42. The molecule has 1 saturated heterocycles. The second-order valence-electron chi connectivity index (χ2n) is 6.88. The second kappa shape index (κ2) is 8.34. The number of carbonyl (C=O) groups is 1. The Morgan fingerprint density at radius 3 is 2.76 bits per heavy atom. The van der Waals surface area contributed by atoms with E-state index < -0.39 is 0 Å². The van der Waals surface area contributed by atoms with Crippen LogP contribution >= 0.6 is 24.8 Å². The Morgan fingerprint density at radius 1 is 1.16 bits per heavy atom. The standard InChI is InChI=1S/C17H23N5O.2ClH/c18-14-7-6-12(10-14)17(23)21-8-3-4-13(11-21)16-20-19-15-5-1-2-9-22(15)16;;/h1-2,5,9,12-14H,3-4,6-8,10-11,18H2;2*1H. The minimum Gasteiger partial charge on any atom is -0.342 e. The lowest BCUT2D eigenvalue weighted by Gasteiger charge is -2.33. The van der Waals surface area contributed by atoms with Crippen LogP contribution in [0.4, 0.5) is 0 Å². The highest BCUT2D eigenvalue weighted by Crippen LogP contribution is 2.30. The van der Waals surface area contributed by atoms with Crippen LogP contribution in [0, 0.1) is 5.92 Å². The first kappa shape index (κ1) is 19.9. The first-order valence-corrected chi connectivity index (χ1v) is 8.56. The molecular weight excluding hydrogens is 361 g/mol. The number of carbonyl (C=O) groups excluding carboxylic acids is 1. The maximum absolute atomic E-state index is 12.8. The van der Waals surface area contributed by atoms with Crippen LogP contribution in [-0.2, 0) is 4.79 Å². The average Bonchev–Trinajstić information content (AvgIpc) is 3.20. The average molecular weight is 386 g/mol. The third-order valence-corrected chi connectivity index (χ3v) is 5.26. The summed E-state index contributed by atoms with van der Waals surface area (Å²) < 4.78 is 2.05. The van der Waals surface area contributed by atoms with Crippen LogP contribution < -0.4 is 5.73 Å². The molecule has 0 bridgehead atoms. The van der Waals surface area contributed by atoms with E-state index in [1.807, 2.05) is 33.7 Å². The Labute approximate surface area is 160 Å². The van der Waals surface area contributed by atoms with Gasteiger partial charge in [0.1, 0.15) is 5.82 Å². The van der Waals surface area contributed by atoms with E-state index in [-0.39, 0.29) is 48.6 Å². The van der Waals surface area contributed by atoms with Gasteiger partial charge in [0.15, 0.2) is 5.65 Å². The summed E-state index contributed by atoms with van der Waals surface area (Å²) >= 11 is 0. The largest absolute Gasteiger partial charge is 0.342 e. The fraction of sp³-hybridized carbons (Fsp3) is 0.588. The Bertz CT molecular complexity index is 722. The van der Waals surface area contributed by atoms with Crippen molar-refractivity contribution in [2.75, 3.05) is 13.1 Å². The molecule has 0 spiro atoms. The fourth-order valence-corrected chi connectivity index (χ4v) is 4.03. The van der Waals surface area contributed by atoms with Gasteiger partial charge in [0.05, 0.1) is 0 Å². The number of fused-ring (bicyclic) bond motifs is 1. The van der Waals surface area contributed by atoms with E-state index in [0.717, 1.165) is 56.7 Å². The fourth-order valence-electron chi connectivity index (χ4n) is 4.03. The van der Waals surface area contributed by atoms with Gasteiger partial charge in [-0.3, -0.25) is 9.20 Å². The number of nitrogens with two attached hydrogens (primary N) is 1. The normalized spacial score (nSPS) is 26.1. The molecule has 8 heteroatoms. The smallest absolute Gasteiger partial charge is 0.225 e. The van der Waals surface area contributed by atoms with Gasteiger partial charge in [0, 0.05) is 37.2 Å². The number of nitrogens with zero attached hydrogens (tertiary/aromatic N) is 4. The van der Waals surface area contributed by atoms with Crippen molar-refractivity contribution in [1.82, 2.24) is 19.5 Å². The third-order valence-electron chi connectivity index (χ3n) is 5.26. The summed E-state index contributed by atoms with van der Waals surface area (Å²) in [6.07, 6.45) is 6.84. The Kier molecular flexibility index (Phi) is 6.65. The molecule has 0 aromatic carbocycles. The maximum Gasteiger partial charge on any atom is 0.225 e. The van der Waals surface area contributed by atoms with Gasteiger partial charge >= 0.3 is 0 Å². The lowest BCUT2D eigenvalue weighted by molar-refractivity contribution is -0.136. The summed E-state index contributed by atoms with van der Waals surface area (Å²) in [5, 5.41) is 8.62. The number of amides is 1. The predicted octanol–water partition coefficient (Wildman–Crippen LogP) is 2.41. The van der Waals surface area contributed by atoms with Gasteiger partial charge in [-0.15, -0.1) is 35.0 Å². The highest BCUT2D eigenvalue weighted by molar-refractivity contribution is 5.85. The van der Waals surface area contributed by atoms with Gasteiger partial charge in [-0.1, -0.05) is 6.07 Å². The lowest BCUT2D eigenvalue weighted by atomic mass is 9.95. The van der Waals surface area contributed by atoms with Crippen molar-refractivity contribution in [2.45, 2.75) is 44.1 Å². The number of pyridine rings is 1. The van der Waals surface area contributed by atoms with Crippen LogP contribution in [0.15, 0.2) is 24.4 Å². The molecule has 0 radical (unpaired) electrons. The summed E-state index contributed by atoms with van der Waals surface area (Å²) in [7, 11) is 0. The van der Waals surface area contributed by atoms with E-state index in [2.05, 4.69) is 10.2 Å². The Morgan fingerprint density at radius 2 is 2.00 bits per heavy atom. The third kappa shape index (κ3) is 3.91. The number of aromatic nitrogens is 3. The van der Waals surface area contributed by atoms with Gasteiger partial charge in [-0.25, -0.2) is 0 Å². The molecule has 2 aliphatic rings. The van der Waals surface area contributed by atoms with Gasteiger partial charge in [-0.2, -0.15) is 0 Å². The highest BCUT2D eigenvalue weighted by atomic mass is 35.5. The first-order chi connectivity index (χ1) is 11.2. The SMILES string of the molecule is Cl.Cl.NC1CCC(C(=O)N2CCCC(c3nnc4ccccn34)C2)C1. The first-order valence-electron chi connectivity index (χ1n) is 8.56. The van der Waals surface area contributed by atoms with E-state index in [1.54, 1.807) is 0 Å². The molecule has 25 heavy (non-hydrogen) atoms. The number of rotatable bonds is 2. The Balaban J connectivity index is 0.00000113. The molecule has 138 valence electrons. The monoisotopic (exact) mass is 385 g/mol. The number of halogens is 2. The molecule has 1 amide bonds. The minimum atomic E-state index is 0. The maximum atomic E-state index is 12.8. The summed E-state index contributed by atoms with van der Waals surface area (Å²) in [4.78, 5) is 14.8. The van der Waals surface area contributed by atoms with Crippen molar-refractivity contribution in [1.29, 1.82) is 0 Å². The zero-order valence-electron chi connectivity index (χ0n) is 14.1. The van der Waals surface area contributed by atoms with E-state index in [0.29, 0.717) is 0 Å². The second-order valence-corrected chi connectivity index (χ2v) is 6.88. The molecule has 1 saturated carbocycles. The minimum absolute atomic E-state index is 0. The topological polar surface area (TPSA) is 76.5 Å². The predicted molar refractivity (Wildman–Crippen MR) is 101 cm³/mol. The van der Waals surface area contributed by atoms with Gasteiger partial charge in [0.25, 0.3) is 0 Å². The van der Waals surface area contributed by atoms with Gasteiger partial charge in [-0.05, 0) is 44.2 Å². The summed E-state index contributed by atoms with van der Waals surface area (Å²) in [5.41, 5.74) is 6.84. The van der Waals surface area contributed by atoms with Crippen LogP contribution in [0.1, 0.15) is 43.8 Å². The highest BCUT2D eigenvalue weighted by Gasteiger charge is 2.34. The molecule has 2 fully saturated rings. The van der Waals surface area contributed by atoms with Crippen LogP contribution in [-0.4, -0.2) is 44.5 Å². The van der Waals surface area contributed by atoms with E-state index in [4.69, 9.17) is 5.73 Å². The van der Waals surface area contributed by atoms with Crippen LogP contribution in [0.2, 0.25) is 0 Å². The van der Waals surface area contributed by atoms with E-state index in [1.165, 1.54) is 0 Å². The zero-order chi connectivity index (χ0) is 15.8. The van der Waals surface area contributed by atoms with E-state index >= 15 is 0 Å². The molecular formula is C17H25Cl2N5O. The summed E-state index contributed by atoms with van der Waals surface area (Å²) in [6.45, 7) is 1.61. The molecule has 1 aliphatic heterocycles. The molecule has 3 heterocycles. The number of hydrogen-bond acceptors (Lipinski definition) is 4. The van der Waals surface area contributed by atoms with Crippen LogP contribution in [0.5, 0.6) is 0 Å². The van der Waals surface area contributed by atoms with Crippen molar-refractivity contribution in [3.8, 4) is 0 Å². The van der Waals surface area contributed by atoms with Crippen molar-refractivity contribution >= 4 is 36.4 Å². The molecule has 2 aromatic heterocycles. The quantitative estimate of drug-likeness (QED) is 0.860. The molecule has 3 unspecified atom stereocenters. The number of piperidine rings is 1. The Hall–Kier alpha value is -1.37. The van der Waals surface area contributed by atoms with Gasteiger partial charge in [0.2, 0.25) is 5.91 Å². The summed E-state index contributed by atoms with van der Waals surface area (Å²) in [5.74, 6) is 1.65.